The quantitative estimate of drug-likeness (QED) is 0.902. The maximum Gasteiger partial charge on any atom is 0.246 e. The second kappa shape index (κ2) is 5.13. The first-order chi connectivity index (χ1) is 8.86. The maximum atomic E-state index is 12.4. The Morgan fingerprint density at radius 1 is 1.47 bits per heavy atom. The Labute approximate surface area is 122 Å². The summed E-state index contributed by atoms with van der Waals surface area (Å²) in [5.74, 6) is 0.0822. The number of hydrogen-bond acceptors (Lipinski definition) is 3. The average Bonchev–Trinajstić information content (AvgIpc) is 2.35. The molecule has 1 aliphatic heterocycles. The number of amides is 1. The summed E-state index contributed by atoms with van der Waals surface area (Å²) in [6.07, 6.45) is 0. The lowest BCUT2D eigenvalue weighted by Gasteiger charge is -2.49. The number of likely N-dealkylation sites (N-methyl/N-ethyl adjacent to an activating group) is 1. The van der Waals surface area contributed by atoms with Gasteiger partial charge in [-0.2, -0.15) is 0 Å². The second-order valence-corrected chi connectivity index (χ2v) is 6.48. The van der Waals surface area contributed by atoms with Crippen LogP contribution in [-0.4, -0.2) is 42.5 Å². The van der Waals surface area contributed by atoms with Crippen molar-refractivity contribution in [1.29, 1.82) is 0 Å². The number of carbonyl (C=O) groups excluding carboxylic acids is 1. The van der Waals surface area contributed by atoms with E-state index in [1.165, 1.54) is 0 Å². The van der Waals surface area contributed by atoms with Gasteiger partial charge in [0.2, 0.25) is 5.91 Å². The van der Waals surface area contributed by atoms with Crippen molar-refractivity contribution >= 4 is 27.5 Å². The van der Waals surface area contributed by atoms with E-state index in [-0.39, 0.29) is 17.5 Å². The lowest BCUT2D eigenvalue weighted by Crippen LogP contribution is -2.67. The monoisotopic (exact) mass is 325 g/mol. The maximum absolute atomic E-state index is 12.4. The third-order valence-electron chi connectivity index (χ3n) is 3.82. The molecule has 2 N–H and O–H groups in total. The molecule has 1 unspecified atom stereocenters. The Bertz CT molecular complexity index is 489. The fourth-order valence-corrected chi connectivity index (χ4v) is 2.83. The molecule has 1 aliphatic rings. The first-order valence-corrected chi connectivity index (χ1v) is 7.16. The summed E-state index contributed by atoms with van der Waals surface area (Å²) < 4.78 is 1.00. The van der Waals surface area contributed by atoms with E-state index in [0.29, 0.717) is 6.54 Å². The molecular formula is C14H20BrN3O. The summed E-state index contributed by atoms with van der Waals surface area (Å²) in [6, 6.07) is 7.71. The van der Waals surface area contributed by atoms with E-state index in [1.54, 1.807) is 4.90 Å². The van der Waals surface area contributed by atoms with Crippen LogP contribution in [0.3, 0.4) is 0 Å². The largest absolute Gasteiger partial charge is 0.356 e. The van der Waals surface area contributed by atoms with Crippen molar-refractivity contribution < 1.29 is 4.79 Å². The molecule has 2 rings (SSSR count). The van der Waals surface area contributed by atoms with Crippen LogP contribution in [0, 0.1) is 0 Å². The first kappa shape index (κ1) is 14.3. The van der Waals surface area contributed by atoms with E-state index in [4.69, 9.17) is 5.73 Å². The van der Waals surface area contributed by atoms with Gasteiger partial charge in [0.05, 0.1) is 5.54 Å². The zero-order valence-electron chi connectivity index (χ0n) is 11.6. The Hall–Kier alpha value is -1.07. The predicted molar refractivity (Wildman–Crippen MR) is 81.2 cm³/mol. The van der Waals surface area contributed by atoms with Crippen LogP contribution in [0.15, 0.2) is 28.7 Å². The molecule has 1 saturated heterocycles. The van der Waals surface area contributed by atoms with Crippen molar-refractivity contribution in [2.45, 2.75) is 25.4 Å². The van der Waals surface area contributed by atoms with Gasteiger partial charge < -0.3 is 15.5 Å². The smallest absolute Gasteiger partial charge is 0.246 e. The minimum atomic E-state index is -0.285. The van der Waals surface area contributed by atoms with Gasteiger partial charge in [0.25, 0.3) is 0 Å². The Kier molecular flexibility index (Phi) is 3.87. The Morgan fingerprint density at radius 2 is 2.16 bits per heavy atom. The summed E-state index contributed by atoms with van der Waals surface area (Å²) in [4.78, 5) is 16.3. The van der Waals surface area contributed by atoms with E-state index in [9.17, 15) is 4.79 Å². The van der Waals surface area contributed by atoms with Crippen LogP contribution in [-0.2, 0) is 4.79 Å². The summed E-state index contributed by atoms with van der Waals surface area (Å²) in [5, 5.41) is 0. The Morgan fingerprint density at radius 3 is 2.74 bits per heavy atom. The van der Waals surface area contributed by atoms with Gasteiger partial charge in [-0.15, -0.1) is 0 Å². The van der Waals surface area contributed by atoms with Crippen LogP contribution in [0.1, 0.15) is 13.8 Å². The van der Waals surface area contributed by atoms with Gasteiger partial charge >= 0.3 is 0 Å². The second-order valence-electron chi connectivity index (χ2n) is 5.57. The number of nitrogens with two attached hydrogens (primary N) is 1. The number of anilines is 1. The molecule has 1 amide bonds. The number of rotatable bonds is 2. The topological polar surface area (TPSA) is 49.6 Å². The zero-order chi connectivity index (χ0) is 14.2. The van der Waals surface area contributed by atoms with E-state index < -0.39 is 0 Å². The predicted octanol–water partition coefficient (Wildman–Crippen LogP) is 1.83. The highest BCUT2D eigenvalue weighted by Gasteiger charge is 2.42. The van der Waals surface area contributed by atoms with Crippen LogP contribution < -0.4 is 10.6 Å². The van der Waals surface area contributed by atoms with Gasteiger partial charge in [0, 0.05) is 30.3 Å². The van der Waals surface area contributed by atoms with Crippen molar-refractivity contribution in [3.05, 3.63) is 28.7 Å². The molecule has 0 bridgehead atoms. The molecule has 0 saturated carbocycles. The highest BCUT2D eigenvalue weighted by atomic mass is 79.9. The minimum Gasteiger partial charge on any atom is -0.356 e. The molecule has 19 heavy (non-hydrogen) atoms. The number of nitrogens with zero attached hydrogens (tertiary/aromatic N) is 2. The molecular weight excluding hydrogens is 306 g/mol. The van der Waals surface area contributed by atoms with Crippen LogP contribution in [0.5, 0.6) is 0 Å². The molecule has 1 atom stereocenters. The van der Waals surface area contributed by atoms with Crippen molar-refractivity contribution in [2.75, 3.05) is 25.0 Å². The molecule has 4 nitrogen and oxygen atoms in total. The first-order valence-electron chi connectivity index (χ1n) is 6.37. The molecule has 0 spiro atoms. The number of hydrogen-bond donors (Lipinski definition) is 1. The summed E-state index contributed by atoms with van der Waals surface area (Å²) in [5.41, 5.74) is 6.63. The van der Waals surface area contributed by atoms with Crippen LogP contribution in [0.4, 0.5) is 5.69 Å². The van der Waals surface area contributed by atoms with Crippen molar-refractivity contribution in [3.8, 4) is 0 Å². The van der Waals surface area contributed by atoms with Gasteiger partial charge in [-0.3, -0.25) is 4.79 Å². The lowest BCUT2D eigenvalue weighted by molar-refractivity contribution is -0.138. The third kappa shape index (κ3) is 2.62. The van der Waals surface area contributed by atoms with E-state index >= 15 is 0 Å². The SMILES string of the molecule is CN1C(=O)C(CN)N(c2cccc(Br)c2)CC1(C)C. The number of benzene rings is 1. The van der Waals surface area contributed by atoms with Gasteiger partial charge in [0.1, 0.15) is 6.04 Å². The lowest BCUT2D eigenvalue weighted by atomic mass is 9.95. The van der Waals surface area contributed by atoms with Gasteiger partial charge in [-0.05, 0) is 32.0 Å². The molecule has 1 aromatic carbocycles. The number of carbonyl (C=O) groups is 1. The summed E-state index contributed by atoms with van der Waals surface area (Å²) in [6.45, 7) is 5.24. The van der Waals surface area contributed by atoms with Gasteiger partial charge in [-0.1, -0.05) is 22.0 Å². The summed E-state index contributed by atoms with van der Waals surface area (Å²) >= 11 is 3.47. The highest BCUT2D eigenvalue weighted by Crippen LogP contribution is 2.29. The molecule has 1 fully saturated rings. The molecule has 5 heteroatoms. The van der Waals surface area contributed by atoms with E-state index in [0.717, 1.165) is 16.7 Å². The van der Waals surface area contributed by atoms with Crippen molar-refractivity contribution in [3.63, 3.8) is 0 Å². The number of piperazine rings is 1. The minimum absolute atomic E-state index is 0.0822. The Balaban J connectivity index is 2.40. The highest BCUT2D eigenvalue weighted by molar-refractivity contribution is 9.10. The van der Waals surface area contributed by atoms with E-state index in [1.807, 2.05) is 31.3 Å². The van der Waals surface area contributed by atoms with E-state index in [2.05, 4.69) is 34.7 Å². The van der Waals surface area contributed by atoms with Crippen molar-refractivity contribution in [1.82, 2.24) is 4.90 Å². The van der Waals surface area contributed by atoms with Gasteiger partial charge in [0.15, 0.2) is 0 Å². The van der Waals surface area contributed by atoms with Crippen LogP contribution in [0.2, 0.25) is 0 Å². The molecule has 1 aromatic rings. The molecule has 1 heterocycles. The fourth-order valence-electron chi connectivity index (χ4n) is 2.44. The summed E-state index contributed by atoms with van der Waals surface area (Å²) in [7, 11) is 1.85. The van der Waals surface area contributed by atoms with Crippen LogP contribution in [0.25, 0.3) is 0 Å². The molecule has 0 radical (unpaired) electrons. The van der Waals surface area contributed by atoms with Crippen LogP contribution >= 0.6 is 15.9 Å². The standard InChI is InChI=1S/C14H20BrN3O/c1-14(2)9-18(11-6-4-5-10(15)7-11)12(8-16)13(19)17(14)3/h4-7,12H,8-9,16H2,1-3H3. The molecule has 104 valence electrons. The average molecular weight is 326 g/mol. The fraction of sp³-hybridized carbons (Fsp3) is 0.500. The molecule has 0 aromatic heterocycles. The van der Waals surface area contributed by atoms with Crippen molar-refractivity contribution in [2.24, 2.45) is 5.73 Å². The number of halogens is 1. The van der Waals surface area contributed by atoms with Gasteiger partial charge in [-0.25, -0.2) is 0 Å². The molecule has 0 aliphatic carbocycles. The zero-order valence-corrected chi connectivity index (χ0v) is 13.1. The third-order valence-corrected chi connectivity index (χ3v) is 4.31. The normalized spacial score (nSPS) is 22.8.